The number of primary amides is 1. The Morgan fingerprint density at radius 2 is 1.96 bits per heavy atom. The number of aromatic nitrogens is 1. The van der Waals surface area contributed by atoms with Gasteiger partial charge >= 0.3 is 6.03 Å². The highest BCUT2D eigenvalue weighted by Crippen LogP contribution is 2.34. The van der Waals surface area contributed by atoms with Gasteiger partial charge < -0.3 is 10.5 Å². The van der Waals surface area contributed by atoms with Crippen molar-refractivity contribution in [1.29, 1.82) is 0 Å². The molecule has 0 bridgehead atoms. The first-order chi connectivity index (χ1) is 12.5. The van der Waals surface area contributed by atoms with Crippen molar-refractivity contribution < 1.29 is 14.3 Å². The largest absolute Gasteiger partial charge is 0.489 e. The standard InChI is InChI=1S/C19H19N3O3S/c1-3-22(18(20)24)19-21-16-10-14(9-15(12(2)23)17(16)26-19)25-11-13-7-5-4-6-8-13/h4-10H,3,11H2,1-2H3,(H2,20,24). The molecule has 0 aliphatic rings. The predicted octanol–water partition coefficient (Wildman–Crippen LogP) is 3.98. The van der Waals surface area contributed by atoms with E-state index in [1.54, 1.807) is 12.1 Å². The van der Waals surface area contributed by atoms with Crippen LogP contribution in [-0.4, -0.2) is 23.3 Å². The number of urea groups is 1. The van der Waals surface area contributed by atoms with E-state index in [2.05, 4.69) is 4.98 Å². The number of ether oxygens (including phenoxy) is 1. The second-order valence-corrected chi connectivity index (χ2v) is 6.71. The van der Waals surface area contributed by atoms with Gasteiger partial charge in [0.2, 0.25) is 0 Å². The number of nitrogens with two attached hydrogens (primary N) is 1. The Balaban J connectivity index is 1.98. The molecule has 0 aliphatic heterocycles. The Hall–Kier alpha value is -2.93. The van der Waals surface area contributed by atoms with Gasteiger partial charge in [-0.1, -0.05) is 41.7 Å². The van der Waals surface area contributed by atoms with E-state index in [9.17, 15) is 9.59 Å². The SMILES string of the molecule is CCN(C(N)=O)c1nc2cc(OCc3ccccc3)cc(C(C)=O)c2s1. The van der Waals surface area contributed by atoms with E-state index in [1.807, 2.05) is 37.3 Å². The molecule has 0 aliphatic carbocycles. The van der Waals surface area contributed by atoms with Gasteiger partial charge in [-0.3, -0.25) is 9.69 Å². The number of anilines is 1. The van der Waals surface area contributed by atoms with E-state index in [0.29, 0.717) is 35.1 Å². The van der Waals surface area contributed by atoms with Gasteiger partial charge in [-0.2, -0.15) is 0 Å². The summed E-state index contributed by atoms with van der Waals surface area (Å²) in [6.07, 6.45) is 0. The predicted molar refractivity (Wildman–Crippen MR) is 103 cm³/mol. The molecular weight excluding hydrogens is 350 g/mol. The number of amides is 2. The molecule has 0 atom stereocenters. The van der Waals surface area contributed by atoms with E-state index < -0.39 is 6.03 Å². The van der Waals surface area contributed by atoms with Crippen LogP contribution in [0.3, 0.4) is 0 Å². The summed E-state index contributed by atoms with van der Waals surface area (Å²) in [5.74, 6) is 0.475. The molecule has 0 unspecified atom stereocenters. The molecular formula is C19H19N3O3S. The average Bonchev–Trinajstić information content (AvgIpc) is 3.03. The van der Waals surface area contributed by atoms with Crippen molar-refractivity contribution in [2.24, 2.45) is 5.73 Å². The lowest BCUT2D eigenvalue weighted by molar-refractivity contribution is 0.101. The Labute approximate surface area is 155 Å². The summed E-state index contributed by atoms with van der Waals surface area (Å²) in [6, 6.07) is 12.7. The fourth-order valence-electron chi connectivity index (χ4n) is 2.58. The fourth-order valence-corrected chi connectivity index (χ4v) is 3.76. The Morgan fingerprint density at radius 3 is 2.58 bits per heavy atom. The fraction of sp³-hybridized carbons (Fsp3) is 0.211. The Kier molecular flexibility index (Phi) is 5.18. The molecule has 6 nitrogen and oxygen atoms in total. The molecule has 2 N–H and O–H groups in total. The summed E-state index contributed by atoms with van der Waals surface area (Å²) in [7, 11) is 0. The number of carbonyl (C=O) groups is 2. The number of hydrogen-bond acceptors (Lipinski definition) is 5. The zero-order chi connectivity index (χ0) is 18.7. The number of fused-ring (bicyclic) bond motifs is 1. The molecule has 0 saturated carbocycles. The second-order valence-electron chi connectivity index (χ2n) is 5.73. The number of benzene rings is 2. The summed E-state index contributed by atoms with van der Waals surface area (Å²) in [5, 5.41) is 0.470. The van der Waals surface area contributed by atoms with E-state index in [1.165, 1.54) is 23.2 Å². The molecule has 134 valence electrons. The number of carbonyl (C=O) groups excluding carboxylic acids is 2. The first-order valence-electron chi connectivity index (χ1n) is 8.18. The highest BCUT2D eigenvalue weighted by molar-refractivity contribution is 7.22. The van der Waals surface area contributed by atoms with E-state index in [0.717, 1.165) is 10.3 Å². The van der Waals surface area contributed by atoms with Gasteiger partial charge in [-0.05, 0) is 25.5 Å². The Morgan fingerprint density at radius 1 is 1.23 bits per heavy atom. The van der Waals surface area contributed by atoms with Gasteiger partial charge in [-0.25, -0.2) is 9.78 Å². The second kappa shape index (κ2) is 7.53. The third-order valence-electron chi connectivity index (χ3n) is 3.89. The molecule has 1 aromatic heterocycles. The van der Waals surface area contributed by atoms with Crippen LogP contribution in [0, 0.1) is 0 Å². The molecule has 2 aromatic carbocycles. The van der Waals surface area contributed by atoms with Crippen LogP contribution in [0.2, 0.25) is 0 Å². The number of ketones is 1. The van der Waals surface area contributed by atoms with Crippen LogP contribution in [0.15, 0.2) is 42.5 Å². The molecule has 1 heterocycles. The molecule has 3 aromatic rings. The summed E-state index contributed by atoms with van der Waals surface area (Å²) >= 11 is 1.27. The molecule has 0 fully saturated rings. The van der Waals surface area contributed by atoms with Gasteiger partial charge in [0.05, 0.1) is 10.2 Å². The van der Waals surface area contributed by atoms with E-state index >= 15 is 0 Å². The van der Waals surface area contributed by atoms with Gasteiger partial charge in [0.15, 0.2) is 10.9 Å². The van der Waals surface area contributed by atoms with Gasteiger partial charge in [0, 0.05) is 18.2 Å². The number of thiazole rings is 1. The highest BCUT2D eigenvalue weighted by atomic mass is 32.1. The van der Waals surface area contributed by atoms with Crippen LogP contribution in [0.5, 0.6) is 5.75 Å². The van der Waals surface area contributed by atoms with Crippen molar-refractivity contribution in [3.63, 3.8) is 0 Å². The summed E-state index contributed by atoms with van der Waals surface area (Å²) in [5.41, 5.74) is 7.57. The van der Waals surface area contributed by atoms with Crippen molar-refractivity contribution >= 4 is 38.5 Å². The van der Waals surface area contributed by atoms with Crippen LogP contribution < -0.4 is 15.4 Å². The molecule has 2 amide bonds. The molecule has 0 saturated heterocycles. The zero-order valence-electron chi connectivity index (χ0n) is 14.6. The van der Waals surface area contributed by atoms with Crippen LogP contribution in [0.4, 0.5) is 9.93 Å². The number of hydrogen-bond donors (Lipinski definition) is 1. The summed E-state index contributed by atoms with van der Waals surface area (Å²) in [4.78, 5) is 29.5. The van der Waals surface area contributed by atoms with Crippen molar-refractivity contribution in [1.82, 2.24) is 4.98 Å². The lowest BCUT2D eigenvalue weighted by atomic mass is 10.1. The maximum absolute atomic E-state index is 12.1. The maximum atomic E-state index is 12.1. The highest BCUT2D eigenvalue weighted by Gasteiger charge is 2.19. The lowest BCUT2D eigenvalue weighted by Gasteiger charge is -2.13. The third-order valence-corrected chi connectivity index (χ3v) is 5.02. The molecule has 0 radical (unpaired) electrons. The molecule has 3 rings (SSSR count). The van der Waals surface area contributed by atoms with Crippen molar-refractivity contribution in [2.45, 2.75) is 20.5 Å². The number of nitrogens with zero attached hydrogens (tertiary/aromatic N) is 2. The third kappa shape index (κ3) is 3.67. The van der Waals surface area contributed by atoms with Gasteiger partial charge in [0.25, 0.3) is 0 Å². The molecule has 26 heavy (non-hydrogen) atoms. The summed E-state index contributed by atoms with van der Waals surface area (Å²) in [6.45, 7) is 4.11. The quantitative estimate of drug-likeness (QED) is 0.666. The van der Waals surface area contributed by atoms with Crippen LogP contribution in [-0.2, 0) is 6.61 Å². The minimum absolute atomic E-state index is 0.0857. The average molecular weight is 369 g/mol. The smallest absolute Gasteiger partial charge is 0.321 e. The van der Waals surface area contributed by atoms with Gasteiger partial charge in [0.1, 0.15) is 12.4 Å². The maximum Gasteiger partial charge on any atom is 0.321 e. The van der Waals surface area contributed by atoms with Gasteiger partial charge in [-0.15, -0.1) is 0 Å². The van der Waals surface area contributed by atoms with Crippen molar-refractivity contribution in [3.05, 3.63) is 53.6 Å². The monoisotopic (exact) mass is 369 g/mol. The van der Waals surface area contributed by atoms with E-state index in [4.69, 9.17) is 10.5 Å². The van der Waals surface area contributed by atoms with Crippen molar-refractivity contribution in [2.75, 3.05) is 11.4 Å². The Bertz CT molecular complexity index is 953. The minimum Gasteiger partial charge on any atom is -0.489 e. The van der Waals surface area contributed by atoms with Crippen LogP contribution in [0.1, 0.15) is 29.8 Å². The first kappa shape index (κ1) is 17.9. The van der Waals surface area contributed by atoms with E-state index in [-0.39, 0.29) is 5.78 Å². The topological polar surface area (TPSA) is 85.5 Å². The van der Waals surface area contributed by atoms with Crippen LogP contribution in [0.25, 0.3) is 10.2 Å². The summed E-state index contributed by atoms with van der Waals surface area (Å²) < 4.78 is 6.56. The number of Topliss-reactive ketones (excluding diaryl/α,β-unsaturated/α-hetero) is 1. The zero-order valence-corrected chi connectivity index (χ0v) is 15.4. The minimum atomic E-state index is -0.573. The lowest BCUT2D eigenvalue weighted by Crippen LogP contribution is -2.35. The first-order valence-corrected chi connectivity index (χ1v) is 9.00. The van der Waals surface area contributed by atoms with Crippen molar-refractivity contribution in [3.8, 4) is 5.75 Å². The van der Waals surface area contributed by atoms with Crippen LogP contribution >= 0.6 is 11.3 Å². The number of rotatable bonds is 6. The normalized spacial score (nSPS) is 10.7. The molecule has 0 spiro atoms. The molecule has 7 heteroatoms.